The van der Waals surface area contributed by atoms with Crippen molar-refractivity contribution in [3.05, 3.63) is 30.0 Å². The first-order valence-electron chi connectivity index (χ1n) is 8.27. The SMILES string of the molecule is Cc1nn(C)c2nc3ccccc3c(NCCCNC(C)C)c12.Cl. The van der Waals surface area contributed by atoms with Crippen LogP contribution in [0.5, 0.6) is 0 Å². The lowest BCUT2D eigenvalue weighted by Crippen LogP contribution is -2.25. The molecule has 0 amide bonds. The van der Waals surface area contributed by atoms with Crippen molar-refractivity contribution in [2.45, 2.75) is 33.2 Å². The van der Waals surface area contributed by atoms with E-state index in [1.165, 1.54) is 0 Å². The van der Waals surface area contributed by atoms with Gasteiger partial charge in [0.2, 0.25) is 0 Å². The van der Waals surface area contributed by atoms with Crippen LogP contribution in [0.2, 0.25) is 0 Å². The van der Waals surface area contributed by atoms with Crippen molar-refractivity contribution < 1.29 is 0 Å². The zero-order chi connectivity index (χ0) is 16.4. The van der Waals surface area contributed by atoms with E-state index in [1.54, 1.807) is 0 Å². The van der Waals surface area contributed by atoms with Gasteiger partial charge in [-0.2, -0.15) is 5.10 Å². The van der Waals surface area contributed by atoms with Gasteiger partial charge in [0.15, 0.2) is 5.65 Å². The molecule has 0 saturated carbocycles. The molecule has 0 spiro atoms. The number of aromatic nitrogens is 3. The van der Waals surface area contributed by atoms with Gasteiger partial charge in [0, 0.05) is 25.0 Å². The average molecular weight is 348 g/mol. The number of nitrogens with zero attached hydrogens (tertiary/aromatic N) is 3. The minimum absolute atomic E-state index is 0. The van der Waals surface area contributed by atoms with Gasteiger partial charge in [0.1, 0.15) is 0 Å². The number of halogens is 1. The van der Waals surface area contributed by atoms with E-state index in [9.17, 15) is 0 Å². The maximum atomic E-state index is 4.77. The molecule has 3 aromatic rings. The van der Waals surface area contributed by atoms with Crippen LogP contribution in [-0.4, -0.2) is 33.9 Å². The summed E-state index contributed by atoms with van der Waals surface area (Å²) in [6.45, 7) is 8.34. The fraction of sp³-hybridized carbons (Fsp3) is 0.444. The van der Waals surface area contributed by atoms with E-state index in [1.807, 2.05) is 24.7 Å². The molecule has 0 radical (unpaired) electrons. The van der Waals surface area contributed by atoms with E-state index in [0.29, 0.717) is 6.04 Å². The van der Waals surface area contributed by atoms with Gasteiger partial charge in [-0.05, 0) is 26.0 Å². The largest absolute Gasteiger partial charge is 0.384 e. The second-order valence-corrected chi connectivity index (χ2v) is 6.30. The predicted octanol–water partition coefficient (Wildman–Crippen LogP) is 3.65. The lowest BCUT2D eigenvalue weighted by molar-refractivity contribution is 0.578. The summed E-state index contributed by atoms with van der Waals surface area (Å²) in [5.41, 5.74) is 4.11. The quantitative estimate of drug-likeness (QED) is 0.668. The molecule has 0 aliphatic rings. The van der Waals surface area contributed by atoms with Gasteiger partial charge in [-0.15, -0.1) is 12.4 Å². The summed E-state index contributed by atoms with van der Waals surface area (Å²) < 4.78 is 1.86. The standard InChI is InChI=1S/C18H25N5.ClH/c1-12(2)19-10-7-11-20-17-14-8-5-6-9-15(14)21-18-16(17)13(3)22-23(18)4;/h5-6,8-9,12,19H,7,10-11H2,1-4H3,(H,20,21);1H. The van der Waals surface area contributed by atoms with Gasteiger partial charge in [0.25, 0.3) is 0 Å². The molecule has 0 unspecified atom stereocenters. The topological polar surface area (TPSA) is 54.8 Å². The normalized spacial score (nSPS) is 11.2. The van der Waals surface area contributed by atoms with E-state index in [2.05, 4.69) is 47.8 Å². The third-order valence-corrected chi connectivity index (χ3v) is 4.05. The summed E-state index contributed by atoms with van der Waals surface area (Å²) in [5, 5.41) is 13.9. The van der Waals surface area contributed by atoms with Gasteiger partial charge in [-0.25, -0.2) is 4.98 Å². The third-order valence-electron chi connectivity index (χ3n) is 4.05. The molecule has 2 heterocycles. The first-order chi connectivity index (χ1) is 11.1. The molecule has 130 valence electrons. The molecule has 3 rings (SSSR count). The molecule has 2 N–H and O–H groups in total. The Kier molecular flexibility index (Phi) is 6.02. The highest BCUT2D eigenvalue weighted by Gasteiger charge is 2.14. The number of aryl methyl sites for hydroxylation is 2. The Morgan fingerprint density at radius 3 is 2.67 bits per heavy atom. The van der Waals surface area contributed by atoms with Crippen molar-refractivity contribution >= 4 is 40.0 Å². The van der Waals surface area contributed by atoms with Gasteiger partial charge in [0.05, 0.1) is 22.3 Å². The number of para-hydroxylation sites is 1. The van der Waals surface area contributed by atoms with Crippen LogP contribution in [0, 0.1) is 6.92 Å². The Balaban J connectivity index is 0.00000208. The Morgan fingerprint density at radius 2 is 1.92 bits per heavy atom. The highest BCUT2D eigenvalue weighted by Crippen LogP contribution is 2.32. The second-order valence-electron chi connectivity index (χ2n) is 6.30. The number of nitrogens with one attached hydrogen (secondary N) is 2. The number of rotatable bonds is 6. The average Bonchev–Trinajstić information content (AvgIpc) is 2.80. The van der Waals surface area contributed by atoms with E-state index < -0.39 is 0 Å². The Labute approximate surface area is 149 Å². The molecule has 0 atom stereocenters. The fourth-order valence-corrected chi connectivity index (χ4v) is 2.97. The smallest absolute Gasteiger partial charge is 0.160 e. The maximum absolute atomic E-state index is 4.77. The summed E-state index contributed by atoms with van der Waals surface area (Å²) in [5.74, 6) is 0. The monoisotopic (exact) mass is 347 g/mol. The molecule has 2 aromatic heterocycles. The number of anilines is 1. The van der Waals surface area contributed by atoms with Crippen LogP contribution in [0.4, 0.5) is 5.69 Å². The number of hydrogen-bond acceptors (Lipinski definition) is 4. The third kappa shape index (κ3) is 3.62. The van der Waals surface area contributed by atoms with Gasteiger partial charge in [-0.1, -0.05) is 32.0 Å². The van der Waals surface area contributed by atoms with Gasteiger partial charge < -0.3 is 10.6 Å². The summed E-state index contributed by atoms with van der Waals surface area (Å²) >= 11 is 0. The van der Waals surface area contributed by atoms with Gasteiger partial charge in [-0.3, -0.25) is 4.68 Å². The van der Waals surface area contributed by atoms with Crippen LogP contribution in [0.1, 0.15) is 26.0 Å². The number of benzene rings is 1. The predicted molar refractivity (Wildman–Crippen MR) is 104 cm³/mol. The zero-order valence-corrected chi connectivity index (χ0v) is 15.6. The molecule has 1 aromatic carbocycles. The van der Waals surface area contributed by atoms with Crippen LogP contribution in [-0.2, 0) is 7.05 Å². The lowest BCUT2D eigenvalue weighted by atomic mass is 10.1. The molecule has 24 heavy (non-hydrogen) atoms. The Hall–Kier alpha value is -1.85. The minimum Gasteiger partial charge on any atom is -0.384 e. The molecule has 0 fully saturated rings. The second kappa shape index (κ2) is 7.81. The van der Waals surface area contributed by atoms with Crippen LogP contribution in [0.3, 0.4) is 0 Å². The summed E-state index contributed by atoms with van der Waals surface area (Å²) in [6.07, 6.45) is 1.08. The van der Waals surface area contributed by atoms with E-state index in [4.69, 9.17) is 4.98 Å². The highest BCUT2D eigenvalue weighted by molar-refractivity contribution is 6.07. The minimum atomic E-state index is 0. The summed E-state index contributed by atoms with van der Waals surface area (Å²) in [7, 11) is 1.95. The number of hydrogen-bond donors (Lipinski definition) is 2. The number of pyridine rings is 1. The van der Waals surface area contributed by atoms with Crippen molar-refractivity contribution in [3.63, 3.8) is 0 Å². The Bertz CT molecular complexity index is 825. The number of fused-ring (bicyclic) bond motifs is 2. The van der Waals surface area contributed by atoms with Crippen LogP contribution in [0.15, 0.2) is 24.3 Å². The molecule has 0 aliphatic carbocycles. The Morgan fingerprint density at radius 1 is 1.17 bits per heavy atom. The summed E-state index contributed by atoms with van der Waals surface area (Å²) in [6, 6.07) is 8.81. The molecule has 6 heteroatoms. The fourth-order valence-electron chi connectivity index (χ4n) is 2.97. The van der Waals surface area contributed by atoms with E-state index in [-0.39, 0.29) is 12.4 Å². The van der Waals surface area contributed by atoms with Crippen molar-refractivity contribution in [2.75, 3.05) is 18.4 Å². The van der Waals surface area contributed by atoms with Gasteiger partial charge >= 0.3 is 0 Å². The zero-order valence-electron chi connectivity index (χ0n) is 14.8. The molecule has 0 bridgehead atoms. The van der Waals surface area contributed by atoms with Crippen molar-refractivity contribution in [1.82, 2.24) is 20.1 Å². The van der Waals surface area contributed by atoms with Crippen LogP contribution >= 0.6 is 12.4 Å². The molecular weight excluding hydrogens is 322 g/mol. The highest BCUT2D eigenvalue weighted by atomic mass is 35.5. The van der Waals surface area contributed by atoms with E-state index >= 15 is 0 Å². The molecule has 0 aliphatic heterocycles. The van der Waals surface area contributed by atoms with Crippen LogP contribution in [0.25, 0.3) is 21.9 Å². The molecule has 5 nitrogen and oxygen atoms in total. The summed E-state index contributed by atoms with van der Waals surface area (Å²) in [4.78, 5) is 4.77. The first kappa shape index (κ1) is 18.5. The maximum Gasteiger partial charge on any atom is 0.160 e. The van der Waals surface area contributed by atoms with E-state index in [0.717, 1.165) is 52.8 Å². The van der Waals surface area contributed by atoms with Crippen molar-refractivity contribution in [2.24, 2.45) is 7.05 Å². The first-order valence-corrected chi connectivity index (χ1v) is 8.27. The van der Waals surface area contributed by atoms with Crippen molar-refractivity contribution in [3.8, 4) is 0 Å². The molecular formula is C18H26ClN5. The van der Waals surface area contributed by atoms with Crippen molar-refractivity contribution in [1.29, 1.82) is 0 Å². The lowest BCUT2D eigenvalue weighted by Gasteiger charge is -2.13. The molecule has 0 saturated heterocycles. The van der Waals surface area contributed by atoms with Crippen LogP contribution < -0.4 is 10.6 Å².